The predicted octanol–water partition coefficient (Wildman–Crippen LogP) is 1.79. The Hall–Kier alpha value is -3.44. The molecular formula is C32H52O15. The first kappa shape index (κ1) is 45.7. The summed E-state index contributed by atoms with van der Waals surface area (Å²) in [5, 5.41) is 0. The van der Waals surface area contributed by atoms with Gasteiger partial charge in [0.2, 0.25) is 0 Å². The van der Waals surface area contributed by atoms with Crippen LogP contribution >= 0.6 is 0 Å². The third kappa shape index (κ3) is 36.9. The summed E-state index contributed by atoms with van der Waals surface area (Å²) in [4.78, 5) is 43.5. The number of esters is 4. The van der Waals surface area contributed by atoms with E-state index in [4.69, 9.17) is 52.1 Å². The molecule has 0 N–H and O–H groups in total. The Balaban J connectivity index is 0. The van der Waals surface area contributed by atoms with Crippen LogP contribution in [0, 0.1) is 0 Å². The first-order valence-electron chi connectivity index (χ1n) is 14.9. The van der Waals surface area contributed by atoms with Gasteiger partial charge in [-0.1, -0.05) is 26.3 Å². The van der Waals surface area contributed by atoms with Crippen molar-refractivity contribution in [1.29, 1.82) is 0 Å². The molecule has 0 aliphatic heterocycles. The summed E-state index contributed by atoms with van der Waals surface area (Å²) in [5.41, 5.74) is 0.727. The molecule has 0 bridgehead atoms. The van der Waals surface area contributed by atoms with Gasteiger partial charge >= 0.3 is 23.9 Å². The van der Waals surface area contributed by atoms with E-state index in [1.807, 2.05) is 0 Å². The molecule has 0 saturated carbocycles. The van der Waals surface area contributed by atoms with Crippen LogP contribution in [0.5, 0.6) is 0 Å². The predicted molar refractivity (Wildman–Crippen MR) is 170 cm³/mol. The van der Waals surface area contributed by atoms with Gasteiger partial charge in [0, 0.05) is 23.3 Å². The fourth-order valence-corrected chi connectivity index (χ4v) is 2.46. The maximum Gasteiger partial charge on any atom is 0.333 e. The normalized spacial score (nSPS) is 10.2. The number of rotatable bonds is 31. The summed E-state index contributed by atoms with van der Waals surface area (Å²) in [6.07, 6.45) is 2.21. The molecule has 0 unspecified atom stereocenters. The van der Waals surface area contributed by atoms with E-state index in [1.54, 1.807) is 13.8 Å². The number of ether oxygens (including phenoxy) is 11. The van der Waals surface area contributed by atoms with Crippen LogP contribution in [0.25, 0.3) is 0 Å². The molecule has 47 heavy (non-hydrogen) atoms. The maximum atomic E-state index is 11.0. The van der Waals surface area contributed by atoms with Crippen LogP contribution in [0.3, 0.4) is 0 Å². The summed E-state index contributed by atoms with van der Waals surface area (Å²) in [5.74, 6) is -1.77. The van der Waals surface area contributed by atoms with Gasteiger partial charge in [0.15, 0.2) is 0 Å². The molecule has 0 atom stereocenters. The molecule has 0 fully saturated rings. The highest BCUT2D eigenvalue weighted by Gasteiger charge is 2.03. The van der Waals surface area contributed by atoms with Crippen LogP contribution in [0.2, 0.25) is 0 Å². The van der Waals surface area contributed by atoms with E-state index >= 15 is 0 Å². The molecule has 15 nitrogen and oxygen atoms in total. The zero-order valence-electron chi connectivity index (χ0n) is 27.8. The number of carbonyl (C=O) groups excluding carboxylic acids is 4. The van der Waals surface area contributed by atoms with Crippen LogP contribution in [0.1, 0.15) is 13.8 Å². The summed E-state index contributed by atoms with van der Waals surface area (Å²) in [7, 11) is 0. The Morgan fingerprint density at radius 1 is 0.383 bits per heavy atom. The SMILES string of the molecule is C=C(C)C(=O)OCCOCCOCCOCCOC(=O)C(=C)C.C=CC(=O)OCCOCCOCCOCCOCCOC(=O)C=C. The summed E-state index contributed by atoms with van der Waals surface area (Å²) in [6.45, 7) is 23.0. The third-order valence-electron chi connectivity index (χ3n) is 4.76. The topological polar surface area (TPSA) is 170 Å². The zero-order valence-corrected chi connectivity index (χ0v) is 27.8. The fourth-order valence-electron chi connectivity index (χ4n) is 2.46. The summed E-state index contributed by atoms with van der Waals surface area (Å²) < 4.78 is 55.8. The number of hydrogen-bond donors (Lipinski definition) is 0. The smallest absolute Gasteiger partial charge is 0.333 e. The monoisotopic (exact) mass is 676 g/mol. The lowest BCUT2D eigenvalue weighted by atomic mass is 10.4. The second-order valence-electron chi connectivity index (χ2n) is 8.86. The molecule has 0 aliphatic rings. The zero-order chi connectivity index (χ0) is 35.4. The lowest BCUT2D eigenvalue weighted by molar-refractivity contribution is -0.141. The second kappa shape index (κ2) is 35.4. The average molecular weight is 677 g/mol. The van der Waals surface area contributed by atoms with E-state index in [1.165, 1.54) is 0 Å². The molecule has 0 spiro atoms. The highest BCUT2D eigenvalue weighted by molar-refractivity contribution is 5.87. The highest BCUT2D eigenvalue weighted by atomic mass is 16.6. The lowest BCUT2D eigenvalue weighted by Crippen LogP contribution is -2.15. The van der Waals surface area contributed by atoms with Gasteiger partial charge in [-0.25, -0.2) is 19.2 Å². The van der Waals surface area contributed by atoms with Crippen molar-refractivity contribution >= 4 is 23.9 Å². The third-order valence-corrected chi connectivity index (χ3v) is 4.76. The van der Waals surface area contributed by atoms with E-state index in [-0.39, 0.29) is 26.4 Å². The van der Waals surface area contributed by atoms with E-state index in [0.717, 1.165) is 12.2 Å². The number of carbonyl (C=O) groups is 4. The first-order chi connectivity index (χ1) is 22.6. The Morgan fingerprint density at radius 2 is 0.574 bits per heavy atom. The van der Waals surface area contributed by atoms with Crippen molar-refractivity contribution in [1.82, 2.24) is 0 Å². The Kier molecular flexibility index (Phi) is 34.4. The van der Waals surface area contributed by atoms with E-state index in [9.17, 15) is 19.2 Å². The van der Waals surface area contributed by atoms with Crippen molar-refractivity contribution in [3.05, 3.63) is 49.6 Å². The van der Waals surface area contributed by atoms with Crippen LogP contribution in [0.4, 0.5) is 0 Å². The van der Waals surface area contributed by atoms with Crippen LogP contribution < -0.4 is 0 Å². The minimum Gasteiger partial charge on any atom is -0.460 e. The van der Waals surface area contributed by atoms with Gasteiger partial charge in [0.05, 0.1) is 92.5 Å². The molecule has 0 radical (unpaired) electrons. The lowest BCUT2D eigenvalue weighted by Gasteiger charge is -2.08. The molecule has 0 aromatic carbocycles. The van der Waals surface area contributed by atoms with E-state index in [0.29, 0.717) is 104 Å². The summed E-state index contributed by atoms with van der Waals surface area (Å²) >= 11 is 0. The molecular weight excluding hydrogens is 624 g/mol. The average Bonchev–Trinajstić information content (AvgIpc) is 3.06. The van der Waals surface area contributed by atoms with Crippen molar-refractivity contribution < 1.29 is 71.3 Å². The van der Waals surface area contributed by atoms with Gasteiger partial charge in [-0.05, 0) is 13.8 Å². The molecule has 0 aliphatic carbocycles. The van der Waals surface area contributed by atoms with E-state index < -0.39 is 23.9 Å². The molecule has 0 aromatic rings. The molecule has 15 heteroatoms. The standard InChI is InChI=1S/C16H26O8.C16H26O7/c1-3-15(17)23-13-11-21-9-7-19-5-6-20-8-10-22-12-14-24-16(18)4-2;1-13(2)15(17)22-11-9-20-7-5-19-6-8-21-10-12-23-16(18)14(3)4/h3-4H,1-2,5-14H2;1,3,5-12H2,2,4H3. The van der Waals surface area contributed by atoms with Crippen LogP contribution in [-0.4, -0.2) is 143 Å². The molecule has 0 saturated heterocycles. The van der Waals surface area contributed by atoms with Gasteiger partial charge < -0.3 is 52.1 Å². The van der Waals surface area contributed by atoms with Crippen molar-refractivity contribution in [2.45, 2.75) is 13.8 Å². The fraction of sp³-hybridized carbons (Fsp3) is 0.625. The van der Waals surface area contributed by atoms with Gasteiger partial charge in [0.25, 0.3) is 0 Å². The van der Waals surface area contributed by atoms with Crippen molar-refractivity contribution in [3.8, 4) is 0 Å². The minimum absolute atomic E-state index is 0.192. The Labute approximate surface area is 277 Å². The quantitative estimate of drug-likeness (QED) is 0.0450. The summed E-state index contributed by atoms with van der Waals surface area (Å²) in [6, 6.07) is 0. The molecule has 0 aromatic heterocycles. The molecule has 0 heterocycles. The Bertz CT molecular complexity index is 818. The molecule has 0 rings (SSSR count). The highest BCUT2D eigenvalue weighted by Crippen LogP contribution is 1.93. The molecule has 270 valence electrons. The maximum absolute atomic E-state index is 11.0. The van der Waals surface area contributed by atoms with Crippen molar-refractivity contribution in [2.75, 3.05) is 119 Å². The van der Waals surface area contributed by atoms with Gasteiger partial charge in [-0.3, -0.25) is 0 Å². The number of hydrogen-bond acceptors (Lipinski definition) is 15. The van der Waals surface area contributed by atoms with Crippen molar-refractivity contribution in [3.63, 3.8) is 0 Å². The van der Waals surface area contributed by atoms with E-state index in [2.05, 4.69) is 26.3 Å². The van der Waals surface area contributed by atoms with Crippen LogP contribution in [-0.2, 0) is 71.3 Å². The first-order valence-corrected chi connectivity index (χ1v) is 14.9. The van der Waals surface area contributed by atoms with Crippen molar-refractivity contribution in [2.24, 2.45) is 0 Å². The second-order valence-corrected chi connectivity index (χ2v) is 8.86. The molecule has 0 amide bonds. The van der Waals surface area contributed by atoms with Crippen LogP contribution in [0.15, 0.2) is 49.6 Å². The van der Waals surface area contributed by atoms with Gasteiger partial charge in [-0.2, -0.15) is 0 Å². The minimum atomic E-state index is -0.464. The largest absolute Gasteiger partial charge is 0.460 e. The Morgan fingerprint density at radius 3 is 0.766 bits per heavy atom. The van der Waals surface area contributed by atoms with Gasteiger partial charge in [0.1, 0.15) is 26.4 Å². The van der Waals surface area contributed by atoms with Gasteiger partial charge in [-0.15, -0.1) is 0 Å².